The molecule has 8 heteroatoms. The van der Waals surface area contributed by atoms with Crippen LogP contribution in [0.4, 0.5) is 0 Å². The van der Waals surface area contributed by atoms with Gasteiger partial charge >= 0.3 is 5.97 Å². The maximum atomic E-state index is 12.0. The molecule has 0 spiro atoms. The summed E-state index contributed by atoms with van der Waals surface area (Å²) >= 11 is 3.26. The van der Waals surface area contributed by atoms with Crippen molar-refractivity contribution in [3.63, 3.8) is 0 Å². The summed E-state index contributed by atoms with van der Waals surface area (Å²) in [5, 5.41) is 14.3. The van der Waals surface area contributed by atoms with E-state index in [1.165, 1.54) is 0 Å². The van der Waals surface area contributed by atoms with E-state index < -0.39 is 23.3 Å². The Kier molecular flexibility index (Phi) is 5.73. The monoisotopic (exact) mass is 384 g/mol. The molecule has 0 unspecified atom stereocenters. The molecule has 0 aliphatic carbocycles. The van der Waals surface area contributed by atoms with Gasteiger partial charge in [-0.1, -0.05) is 22.0 Å². The molecule has 2 rings (SSSR count). The van der Waals surface area contributed by atoms with Gasteiger partial charge in [0.1, 0.15) is 5.54 Å². The molecule has 7 nitrogen and oxygen atoms in total. The largest absolute Gasteiger partial charge is 0.480 e. The maximum absolute atomic E-state index is 12.0. The van der Waals surface area contributed by atoms with Crippen LogP contribution in [-0.2, 0) is 14.3 Å². The van der Waals surface area contributed by atoms with Crippen molar-refractivity contribution >= 4 is 33.7 Å². The van der Waals surface area contributed by atoms with Gasteiger partial charge in [-0.05, 0) is 18.2 Å². The Morgan fingerprint density at radius 1 is 1.26 bits per heavy atom. The summed E-state index contributed by atoms with van der Waals surface area (Å²) in [6.07, 6.45) is 0.404. The number of rotatable bonds is 5. The van der Waals surface area contributed by atoms with Crippen molar-refractivity contribution in [3.8, 4) is 0 Å². The minimum absolute atomic E-state index is 0.202. The molecule has 1 saturated heterocycles. The van der Waals surface area contributed by atoms with Crippen LogP contribution in [-0.4, -0.2) is 48.2 Å². The summed E-state index contributed by atoms with van der Waals surface area (Å²) in [5.74, 6) is -2.04. The topological polar surface area (TPSA) is 105 Å². The van der Waals surface area contributed by atoms with Crippen molar-refractivity contribution in [2.45, 2.75) is 18.4 Å². The summed E-state index contributed by atoms with van der Waals surface area (Å²) in [6, 6.07) is 6.74. The van der Waals surface area contributed by atoms with Gasteiger partial charge in [-0.15, -0.1) is 0 Å². The molecule has 1 fully saturated rings. The van der Waals surface area contributed by atoms with E-state index in [4.69, 9.17) is 4.74 Å². The number of carbonyl (C=O) groups is 3. The molecule has 0 saturated carbocycles. The summed E-state index contributed by atoms with van der Waals surface area (Å²) in [7, 11) is 0. The smallest absolute Gasteiger partial charge is 0.329 e. The molecule has 0 radical (unpaired) electrons. The second-order valence-electron chi connectivity index (χ2n) is 5.24. The first-order chi connectivity index (χ1) is 10.9. The van der Waals surface area contributed by atoms with Crippen molar-refractivity contribution in [1.29, 1.82) is 0 Å². The number of hydrogen-bond donors (Lipinski definition) is 3. The van der Waals surface area contributed by atoms with Gasteiger partial charge in [-0.25, -0.2) is 4.79 Å². The van der Waals surface area contributed by atoms with Gasteiger partial charge in [0.2, 0.25) is 5.91 Å². The number of hydrogen-bond acceptors (Lipinski definition) is 4. The Hall–Kier alpha value is -1.93. The fourth-order valence-corrected chi connectivity index (χ4v) is 2.71. The molecule has 1 aliphatic heterocycles. The average Bonchev–Trinajstić information content (AvgIpc) is 2.53. The van der Waals surface area contributed by atoms with Crippen LogP contribution in [0.3, 0.4) is 0 Å². The Labute approximate surface area is 141 Å². The number of aliphatic carboxylic acids is 1. The van der Waals surface area contributed by atoms with Crippen molar-refractivity contribution in [2.75, 3.05) is 19.8 Å². The lowest BCUT2D eigenvalue weighted by molar-refractivity contribution is -0.151. The lowest BCUT2D eigenvalue weighted by Gasteiger charge is -2.33. The van der Waals surface area contributed by atoms with Gasteiger partial charge in [-0.3, -0.25) is 9.59 Å². The molecule has 1 aromatic carbocycles. The minimum Gasteiger partial charge on any atom is -0.480 e. The Morgan fingerprint density at radius 3 is 2.57 bits per heavy atom. The summed E-state index contributed by atoms with van der Waals surface area (Å²) in [5.41, 5.74) is -0.915. The van der Waals surface area contributed by atoms with E-state index in [2.05, 4.69) is 26.6 Å². The molecule has 1 aliphatic rings. The first-order valence-corrected chi connectivity index (χ1v) is 7.88. The quantitative estimate of drug-likeness (QED) is 0.700. The van der Waals surface area contributed by atoms with Crippen LogP contribution in [0.5, 0.6) is 0 Å². The highest BCUT2D eigenvalue weighted by atomic mass is 79.9. The highest BCUT2D eigenvalue weighted by Crippen LogP contribution is 2.20. The molecule has 0 aromatic heterocycles. The van der Waals surface area contributed by atoms with Crippen LogP contribution in [0.25, 0.3) is 0 Å². The summed E-state index contributed by atoms with van der Waals surface area (Å²) < 4.78 is 5.89. The second kappa shape index (κ2) is 7.56. The molecular weight excluding hydrogens is 368 g/mol. The average molecular weight is 385 g/mol. The molecule has 1 heterocycles. The van der Waals surface area contributed by atoms with Crippen LogP contribution >= 0.6 is 15.9 Å². The van der Waals surface area contributed by atoms with Crippen LogP contribution < -0.4 is 10.6 Å². The van der Waals surface area contributed by atoms with Crippen molar-refractivity contribution in [3.05, 3.63) is 34.3 Å². The normalized spacial score (nSPS) is 16.4. The lowest BCUT2D eigenvalue weighted by Crippen LogP contribution is -2.59. The first-order valence-electron chi connectivity index (χ1n) is 7.09. The predicted molar refractivity (Wildman–Crippen MR) is 85.0 cm³/mol. The van der Waals surface area contributed by atoms with Gasteiger partial charge in [0, 0.05) is 36.1 Å². The summed E-state index contributed by atoms with van der Waals surface area (Å²) in [4.78, 5) is 35.4. The number of carboxylic acids is 1. The molecule has 23 heavy (non-hydrogen) atoms. The number of carbonyl (C=O) groups excluding carboxylic acids is 2. The number of carboxylic acid groups (broad SMARTS) is 1. The van der Waals surface area contributed by atoms with E-state index >= 15 is 0 Å². The molecule has 1 aromatic rings. The zero-order chi connectivity index (χ0) is 16.9. The zero-order valence-corrected chi connectivity index (χ0v) is 13.9. The molecule has 124 valence electrons. The number of nitrogens with one attached hydrogen (secondary N) is 2. The third kappa shape index (κ3) is 4.52. The van der Waals surface area contributed by atoms with Crippen molar-refractivity contribution in [1.82, 2.24) is 10.6 Å². The first kappa shape index (κ1) is 17.4. The number of ether oxygens (including phenoxy) is 1. The van der Waals surface area contributed by atoms with E-state index in [1.807, 2.05) is 0 Å². The van der Waals surface area contributed by atoms with Crippen LogP contribution in [0.2, 0.25) is 0 Å². The standard InChI is InChI=1S/C15H17BrN2O5/c16-11-3-1-2-10(8-11)13(20)17-9-12(19)18-15(14(21)22)4-6-23-7-5-15/h1-3,8H,4-7,9H2,(H,17,20)(H,18,19)(H,21,22). The number of benzene rings is 1. The minimum atomic E-state index is -1.32. The van der Waals surface area contributed by atoms with Crippen molar-refractivity contribution in [2.24, 2.45) is 0 Å². The van der Waals surface area contributed by atoms with Gasteiger partial charge in [0.05, 0.1) is 6.54 Å². The molecule has 3 N–H and O–H groups in total. The Balaban J connectivity index is 1.91. The maximum Gasteiger partial charge on any atom is 0.329 e. The van der Waals surface area contributed by atoms with Crippen LogP contribution in [0.15, 0.2) is 28.7 Å². The third-order valence-electron chi connectivity index (χ3n) is 3.63. The van der Waals surface area contributed by atoms with E-state index in [-0.39, 0.29) is 32.6 Å². The van der Waals surface area contributed by atoms with E-state index in [9.17, 15) is 19.5 Å². The van der Waals surface area contributed by atoms with E-state index in [0.717, 1.165) is 4.47 Å². The van der Waals surface area contributed by atoms with Crippen molar-refractivity contribution < 1.29 is 24.2 Å². The number of halogens is 1. The zero-order valence-electron chi connectivity index (χ0n) is 12.3. The number of amides is 2. The molecular formula is C15H17BrN2O5. The fourth-order valence-electron chi connectivity index (χ4n) is 2.32. The third-order valence-corrected chi connectivity index (χ3v) is 4.12. The fraction of sp³-hybridized carbons (Fsp3) is 0.400. The second-order valence-corrected chi connectivity index (χ2v) is 6.16. The van der Waals surface area contributed by atoms with Gasteiger partial charge in [0.25, 0.3) is 5.91 Å². The van der Waals surface area contributed by atoms with Gasteiger partial charge in [-0.2, -0.15) is 0 Å². The van der Waals surface area contributed by atoms with Gasteiger partial charge < -0.3 is 20.5 Å². The molecule has 0 atom stereocenters. The van der Waals surface area contributed by atoms with E-state index in [1.54, 1.807) is 24.3 Å². The predicted octanol–water partition coefficient (Wildman–Crippen LogP) is 0.929. The highest BCUT2D eigenvalue weighted by Gasteiger charge is 2.41. The molecule has 0 bridgehead atoms. The van der Waals surface area contributed by atoms with Crippen LogP contribution in [0, 0.1) is 0 Å². The van der Waals surface area contributed by atoms with Crippen LogP contribution in [0.1, 0.15) is 23.2 Å². The lowest BCUT2D eigenvalue weighted by atomic mass is 9.90. The van der Waals surface area contributed by atoms with Gasteiger partial charge in [0.15, 0.2) is 0 Å². The van der Waals surface area contributed by atoms with E-state index in [0.29, 0.717) is 5.56 Å². The molecule has 2 amide bonds. The summed E-state index contributed by atoms with van der Waals surface area (Å²) in [6.45, 7) is 0.259. The highest BCUT2D eigenvalue weighted by molar-refractivity contribution is 9.10. The Morgan fingerprint density at radius 2 is 1.96 bits per heavy atom. The SMILES string of the molecule is O=C(CNC(=O)c1cccc(Br)c1)NC1(C(=O)O)CCOCC1. The Bertz CT molecular complexity index is 614.